The molecule has 0 saturated carbocycles. The number of hydrogen-bond acceptors (Lipinski definition) is 5. The number of sulfonamides is 1. The molecule has 0 aliphatic heterocycles. The zero-order valence-corrected chi connectivity index (χ0v) is 18.4. The molecule has 0 aliphatic carbocycles. The number of halogens is 1. The van der Waals surface area contributed by atoms with Gasteiger partial charge in [-0.15, -0.1) is 0 Å². The van der Waals surface area contributed by atoms with Gasteiger partial charge in [-0.1, -0.05) is 6.07 Å². The van der Waals surface area contributed by atoms with Crippen LogP contribution in [0, 0.1) is 0 Å². The van der Waals surface area contributed by atoms with E-state index in [1.165, 1.54) is 20.2 Å². The van der Waals surface area contributed by atoms with E-state index in [0.29, 0.717) is 16.8 Å². The molecule has 0 saturated heterocycles. The normalized spacial score (nSPS) is 11.6. The molecular weight excluding hydrogens is 458 g/mol. The topological polar surface area (TPSA) is 83.7 Å². The van der Waals surface area contributed by atoms with E-state index in [4.69, 9.17) is 4.42 Å². The summed E-state index contributed by atoms with van der Waals surface area (Å²) in [5.41, 5.74) is 1.12. The van der Waals surface area contributed by atoms with Crippen molar-refractivity contribution in [3.8, 4) is 0 Å². The number of benzene rings is 1. The Morgan fingerprint density at radius 1 is 1.14 bits per heavy atom. The quantitative estimate of drug-likeness (QED) is 0.519. The summed E-state index contributed by atoms with van der Waals surface area (Å²) in [6, 6.07) is 11.8. The molecule has 9 heteroatoms. The monoisotopic (exact) mass is 477 g/mol. The minimum atomic E-state index is -3.71. The minimum Gasteiger partial charge on any atom is -0.467 e. The van der Waals surface area contributed by atoms with Crippen molar-refractivity contribution < 1.29 is 17.6 Å². The Kier molecular flexibility index (Phi) is 6.51. The third-order valence-corrected chi connectivity index (χ3v) is 7.06. The van der Waals surface area contributed by atoms with Crippen molar-refractivity contribution in [1.82, 2.24) is 14.2 Å². The van der Waals surface area contributed by atoms with E-state index < -0.39 is 10.0 Å². The maximum Gasteiger partial charge on any atom is 0.254 e. The van der Waals surface area contributed by atoms with E-state index in [1.807, 2.05) is 6.07 Å². The third-order valence-electron chi connectivity index (χ3n) is 4.25. The molecule has 29 heavy (non-hydrogen) atoms. The molecule has 3 rings (SSSR count). The van der Waals surface area contributed by atoms with E-state index in [0.717, 1.165) is 9.87 Å². The van der Waals surface area contributed by atoms with E-state index in [2.05, 4.69) is 20.9 Å². The summed E-state index contributed by atoms with van der Waals surface area (Å²) in [6.07, 6.45) is 4.89. The molecule has 0 unspecified atom stereocenters. The first-order chi connectivity index (χ1) is 13.8. The lowest BCUT2D eigenvalue weighted by Gasteiger charge is -2.22. The number of nitrogens with zero attached hydrogens (tertiary/aromatic N) is 3. The number of rotatable bonds is 7. The molecule has 0 atom stereocenters. The Bertz CT molecular complexity index is 1080. The highest BCUT2D eigenvalue weighted by Crippen LogP contribution is 2.26. The Hall–Kier alpha value is -2.49. The van der Waals surface area contributed by atoms with Crippen LogP contribution in [-0.4, -0.2) is 42.6 Å². The van der Waals surface area contributed by atoms with Gasteiger partial charge in [-0.2, -0.15) is 0 Å². The summed E-state index contributed by atoms with van der Waals surface area (Å²) in [5, 5.41) is 0. The average Bonchev–Trinajstić information content (AvgIpc) is 3.21. The second kappa shape index (κ2) is 8.89. The van der Waals surface area contributed by atoms with Gasteiger partial charge in [0.1, 0.15) is 5.76 Å². The molecule has 0 radical (unpaired) electrons. The van der Waals surface area contributed by atoms with Crippen molar-refractivity contribution in [1.29, 1.82) is 0 Å². The molecule has 3 aromatic rings. The standard InChI is InChI=1S/C20H20BrN3O4S/c1-23(2)29(26,27)19-11-16(7-8-18(19)21)20(25)24(14-17-6-4-10-28-17)13-15-5-3-9-22-12-15/h3-12H,13-14H2,1-2H3. The fourth-order valence-corrected chi connectivity index (χ4v) is 4.56. The Morgan fingerprint density at radius 3 is 2.55 bits per heavy atom. The summed E-state index contributed by atoms with van der Waals surface area (Å²) in [6.45, 7) is 0.547. The van der Waals surface area contributed by atoms with E-state index >= 15 is 0 Å². The van der Waals surface area contributed by atoms with Gasteiger partial charge >= 0.3 is 0 Å². The van der Waals surface area contributed by atoms with Gasteiger partial charge in [0.15, 0.2) is 0 Å². The number of aromatic nitrogens is 1. The molecule has 0 aliphatic rings. The van der Waals surface area contributed by atoms with Crippen LogP contribution in [0.5, 0.6) is 0 Å². The number of furan rings is 1. The van der Waals surface area contributed by atoms with Gasteiger partial charge in [0.05, 0.1) is 17.7 Å². The minimum absolute atomic E-state index is 0.0349. The zero-order valence-electron chi connectivity index (χ0n) is 15.9. The van der Waals surface area contributed by atoms with Gasteiger partial charge in [0, 0.05) is 43.1 Å². The van der Waals surface area contributed by atoms with Crippen LogP contribution >= 0.6 is 15.9 Å². The van der Waals surface area contributed by atoms with E-state index in [9.17, 15) is 13.2 Å². The van der Waals surface area contributed by atoms with Crippen molar-refractivity contribution in [3.63, 3.8) is 0 Å². The van der Waals surface area contributed by atoms with Crippen molar-refractivity contribution in [2.45, 2.75) is 18.0 Å². The first-order valence-electron chi connectivity index (χ1n) is 8.71. The van der Waals surface area contributed by atoms with E-state index in [1.54, 1.807) is 53.9 Å². The fourth-order valence-electron chi connectivity index (χ4n) is 2.72. The molecule has 1 aromatic carbocycles. The highest BCUT2D eigenvalue weighted by atomic mass is 79.9. The lowest BCUT2D eigenvalue weighted by Crippen LogP contribution is -2.30. The molecule has 2 aromatic heterocycles. The van der Waals surface area contributed by atoms with Gasteiger partial charge in [0.2, 0.25) is 10.0 Å². The van der Waals surface area contributed by atoms with Crippen LogP contribution in [0.3, 0.4) is 0 Å². The molecule has 0 N–H and O–H groups in total. The maximum atomic E-state index is 13.3. The lowest BCUT2D eigenvalue weighted by atomic mass is 10.1. The van der Waals surface area contributed by atoms with Crippen molar-refractivity contribution in [2.75, 3.05) is 14.1 Å². The van der Waals surface area contributed by atoms with Crippen LogP contribution in [-0.2, 0) is 23.1 Å². The molecular formula is C20H20BrN3O4S. The van der Waals surface area contributed by atoms with E-state index in [-0.39, 0.29) is 22.9 Å². The van der Waals surface area contributed by atoms with Crippen molar-refractivity contribution in [3.05, 3.63) is 82.5 Å². The first-order valence-corrected chi connectivity index (χ1v) is 10.9. The maximum absolute atomic E-state index is 13.3. The average molecular weight is 478 g/mol. The lowest BCUT2D eigenvalue weighted by molar-refractivity contribution is 0.0717. The van der Waals surface area contributed by atoms with Crippen LogP contribution in [0.4, 0.5) is 0 Å². The number of amides is 1. The molecule has 0 bridgehead atoms. The molecule has 7 nitrogen and oxygen atoms in total. The fraction of sp³-hybridized carbons (Fsp3) is 0.200. The SMILES string of the molecule is CN(C)S(=O)(=O)c1cc(C(=O)N(Cc2cccnc2)Cc2ccco2)ccc1Br. The summed E-state index contributed by atoms with van der Waals surface area (Å²) in [4.78, 5) is 19.0. The number of pyridine rings is 1. The summed E-state index contributed by atoms with van der Waals surface area (Å²) < 4.78 is 32.1. The van der Waals surface area contributed by atoms with Crippen molar-refractivity contribution in [2.24, 2.45) is 0 Å². The number of carbonyl (C=O) groups excluding carboxylic acids is 1. The van der Waals surface area contributed by atoms with Gasteiger partial charge in [0.25, 0.3) is 5.91 Å². The number of carbonyl (C=O) groups is 1. The van der Waals surface area contributed by atoms with Crippen LogP contribution in [0.1, 0.15) is 21.7 Å². The van der Waals surface area contributed by atoms with Gasteiger partial charge in [-0.05, 0) is 57.9 Å². The smallest absolute Gasteiger partial charge is 0.254 e. The van der Waals surface area contributed by atoms with Crippen LogP contribution < -0.4 is 0 Å². The summed E-state index contributed by atoms with van der Waals surface area (Å²) >= 11 is 3.27. The zero-order chi connectivity index (χ0) is 21.0. The summed E-state index contributed by atoms with van der Waals surface area (Å²) in [7, 11) is -0.818. The molecule has 152 valence electrons. The van der Waals surface area contributed by atoms with Crippen LogP contribution in [0.25, 0.3) is 0 Å². The Labute approximate surface area is 178 Å². The summed E-state index contributed by atoms with van der Waals surface area (Å²) in [5.74, 6) is 0.313. The van der Waals surface area contributed by atoms with Crippen LogP contribution in [0.15, 0.2) is 74.9 Å². The molecule has 1 amide bonds. The third kappa shape index (κ3) is 4.92. The molecule has 0 fully saturated rings. The predicted molar refractivity (Wildman–Crippen MR) is 112 cm³/mol. The van der Waals surface area contributed by atoms with Crippen molar-refractivity contribution >= 4 is 31.9 Å². The first kappa shape index (κ1) is 21.2. The predicted octanol–water partition coefficient (Wildman–Crippen LogP) is 3.53. The Balaban J connectivity index is 1.97. The van der Waals surface area contributed by atoms with Gasteiger partial charge in [-0.3, -0.25) is 9.78 Å². The second-order valence-corrected chi connectivity index (χ2v) is 9.51. The number of hydrogen-bond donors (Lipinski definition) is 0. The van der Waals surface area contributed by atoms with Gasteiger partial charge in [-0.25, -0.2) is 12.7 Å². The highest BCUT2D eigenvalue weighted by Gasteiger charge is 2.24. The second-order valence-electron chi connectivity index (χ2n) is 6.53. The highest BCUT2D eigenvalue weighted by molar-refractivity contribution is 9.10. The van der Waals surface area contributed by atoms with Crippen LogP contribution in [0.2, 0.25) is 0 Å². The Morgan fingerprint density at radius 2 is 1.93 bits per heavy atom. The largest absolute Gasteiger partial charge is 0.467 e. The van der Waals surface area contributed by atoms with Gasteiger partial charge < -0.3 is 9.32 Å². The molecule has 0 spiro atoms. The molecule has 2 heterocycles.